The Labute approximate surface area is 109 Å². The fourth-order valence-electron chi connectivity index (χ4n) is 1.62. The molecule has 0 heterocycles. The molecule has 3 nitrogen and oxygen atoms in total. The third-order valence-corrected chi connectivity index (χ3v) is 2.27. The maximum Gasteiger partial charge on any atom is 0.308 e. The Morgan fingerprint density at radius 3 is 2.59 bits per heavy atom. The lowest BCUT2D eigenvalue weighted by Crippen LogP contribution is -2.13. The molecule has 1 aromatic rings. The van der Waals surface area contributed by atoms with E-state index in [4.69, 9.17) is 10.5 Å². The Morgan fingerprint density at radius 2 is 2.06 bits per heavy atom. The molecular weight excluding hydrogens is 238 g/mol. The fraction of sp³-hybridized carbons (Fsp3) is 0.462. The molecule has 0 amide bonds. The minimum atomic E-state index is -0.311. The molecule has 1 atom stereocenters. The highest BCUT2D eigenvalue weighted by Gasteiger charge is 2.09. The topological polar surface area (TPSA) is 52.3 Å². The van der Waals surface area contributed by atoms with Gasteiger partial charge in [0.2, 0.25) is 0 Å². The summed E-state index contributed by atoms with van der Waals surface area (Å²) in [5.74, 6) is 0.797. The maximum atomic E-state index is 10.8. The molecule has 0 saturated heterocycles. The van der Waals surface area contributed by atoms with E-state index in [1.165, 1.54) is 6.92 Å². The van der Waals surface area contributed by atoms with Crippen molar-refractivity contribution in [3.63, 3.8) is 0 Å². The Kier molecular flexibility index (Phi) is 6.85. The van der Waals surface area contributed by atoms with Gasteiger partial charge in [0.1, 0.15) is 5.75 Å². The third kappa shape index (κ3) is 5.71. The minimum Gasteiger partial charge on any atom is -0.427 e. The molecule has 1 aromatic carbocycles. The lowest BCUT2D eigenvalue weighted by Gasteiger charge is -2.15. The van der Waals surface area contributed by atoms with Gasteiger partial charge in [-0.3, -0.25) is 4.79 Å². The third-order valence-electron chi connectivity index (χ3n) is 2.27. The van der Waals surface area contributed by atoms with Crippen LogP contribution in [-0.4, -0.2) is 5.97 Å². The van der Waals surface area contributed by atoms with Crippen LogP contribution in [0.2, 0.25) is 0 Å². The van der Waals surface area contributed by atoms with Gasteiger partial charge in [-0.1, -0.05) is 26.0 Å². The zero-order valence-corrected chi connectivity index (χ0v) is 11.3. The van der Waals surface area contributed by atoms with Gasteiger partial charge < -0.3 is 10.5 Å². The molecule has 0 bridgehead atoms. The van der Waals surface area contributed by atoms with Crippen LogP contribution in [0.4, 0.5) is 0 Å². The second-order valence-corrected chi connectivity index (χ2v) is 4.40. The van der Waals surface area contributed by atoms with Crippen LogP contribution in [-0.2, 0) is 4.79 Å². The van der Waals surface area contributed by atoms with Crippen molar-refractivity contribution in [1.29, 1.82) is 0 Å². The van der Waals surface area contributed by atoms with Crippen molar-refractivity contribution in [3.8, 4) is 5.75 Å². The summed E-state index contributed by atoms with van der Waals surface area (Å²) in [6.45, 7) is 5.66. The van der Waals surface area contributed by atoms with Crippen molar-refractivity contribution in [1.82, 2.24) is 0 Å². The van der Waals surface area contributed by atoms with E-state index in [0.717, 1.165) is 12.0 Å². The molecule has 0 unspecified atom stereocenters. The van der Waals surface area contributed by atoms with Gasteiger partial charge in [0, 0.05) is 13.0 Å². The van der Waals surface area contributed by atoms with Crippen molar-refractivity contribution in [2.24, 2.45) is 11.7 Å². The Hall–Kier alpha value is -1.06. The molecule has 4 heteroatoms. The highest BCUT2D eigenvalue weighted by atomic mass is 35.5. The fourth-order valence-corrected chi connectivity index (χ4v) is 1.62. The van der Waals surface area contributed by atoms with E-state index in [1.807, 2.05) is 18.2 Å². The van der Waals surface area contributed by atoms with E-state index in [9.17, 15) is 4.79 Å². The van der Waals surface area contributed by atoms with Crippen molar-refractivity contribution in [3.05, 3.63) is 29.8 Å². The Bertz CT molecular complexity index is 366. The quantitative estimate of drug-likeness (QED) is 0.666. The first-order valence-electron chi connectivity index (χ1n) is 5.53. The summed E-state index contributed by atoms with van der Waals surface area (Å²) < 4.78 is 5.02. The monoisotopic (exact) mass is 257 g/mol. The smallest absolute Gasteiger partial charge is 0.308 e. The number of carbonyl (C=O) groups excluding carboxylic acids is 1. The summed E-state index contributed by atoms with van der Waals surface area (Å²) in [5.41, 5.74) is 7.06. The van der Waals surface area contributed by atoms with Crippen LogP contribution in [0.25, 0.3) is 0 Å². The second-order valence-electron chi connectivity index (χ2n) is 4.40. The van der Waals surface area contributed by atoms with Crippen LogP contribution in [0.5, 0.6) is 5.75 Å². The highest BCUT2D eigenvalue weighted by Crippen LogP contribution is 2.22. The largest absolute Gasteiger partial charge is 0.427 e. The first-order valence-corrected chi connectivity index (χ1v) is 5.53. The Balaban J connectivity index is 0.00000256. The van der Waals surface area contributed by atoms with Crippen LogP contribution < -0.4 is 10.5 Å². The zero-order valence-electron chi connectivity index (χ0n) is 10.5. The van der Waals surface area contributed by atoms with Crippen LogP contribution in [0.3, 0.4) is 0 Å². The average molecular weight is 258 g/mol. The van der Waals surface area contributed by atoms with E-state index < -0.39 is 0 Å². The molecule has 0 spiro atoms. The molecule has 0 aliphatic carbocycles. The van der Waals surface area contributed by atoms with E-state index in [0.29, 0.717) is 11.7 Å². The molecule has 96 valence electrons. The number of rotatable bonds is 4. The van der Waals surface area contributed by atoms with Crippen LogP contribution in [0.15, 0.2) is 24.3 Å². The number of halogens is 1. The van der Waals surface area contributed by atoms with Crippen LogP contribution >= 0.6 is 12.4 Å². The van der Waals surface area contributed by atoms with Gasteiger partial charge in [0.05, 0.1) is 0 Å². The van der Waals surface area contributed by atoms with Crippen molar-refractivity contribution < 1.29 is 9.53 Å². The van der Waals surface area contributed by atoms with E-state index >= 15 is 0 Å². The van der Waals surface area contributed by atoms with Gasteiger partial charge in [-0.25, -0.2) is 0 Å². The van der Waals surface area contributed by atoms with Crippen molar-refractivity contribution >= 4 is 18.4 Å². The predicted molar refractivity (Wildman–Crippen MR) is 71.4 cm³/mol. The summed E-state index contributed by atoms with van der Waals surface area (Å²) in [7, 11) is 0. The molecule has 0 aliphatic heterocycles. The SMILES string of the molecule is CC(=O)Oc1cccc([C@H](N)CC(C)C)c1.Cl. The number of ether oxygens (including phenoxy) is 1. The number of nitrogens with two attached hydrogens (primary N) is 1. The molecule has 0 saturated carbocycles. The van der Waals surface area contributed by atoms with Crippen LogP contribution in [0, 0.1) is 5.92 Å². The molecule has 0 fully saturated rings. The van der Waals surface area contributed by atoms with E-state index in [2.05, 4.69) is 13.8 Å². The number of esters is 1. The number of carbonyl (C=O) groups is 1. The van der Waals surface area contributed by atoms with E-state index in [-0.39, 0.29) is 24.4 Å². The molecule has 0 aliphatic rings. The zero-order chi connectivity index (χ0) is 12.1. The Morgan fingerprint density at radius 1 is 1.41 bits per heavy atom. The summed E-state index contributed by atoms with van der Waals surface area (Å²) in [6, 6.07) is 7.39. The standard InChI is InChI=1S/C13H19NO2.ClH/c1-9(2)7-13(14)11-5-4-6-12(8-11)16-10(3)15;/h4-6,8-9,13H,7,14H2,1-3H3;1H/t13-;/m1./s1. The average Bonchev–Trinajstić information content (AvgIpc) is 2.16. The molecule has 2 N–H and O–H groups in total. The summed E-state index contributed by atoms with van der Waals surface area (Å²) in [4.78, 5) is 10.8. The first kappa shape index (κ1) is 15.9. The van der Waals surface area contributed by atoms with Crippen molar-refractivity contribution in [2.75, 3.05) is 0 Å². The first-order chi connectivity index (χ1) is 7.49. The van der Waals surface area contributed by atoms with Crippen LogP contribution in [0.1, 0.15) is 38.8 Å². The van der Waals surface area contributed by atoms with Gasteiger partial charge in [-0.15, -0.1) is 12.4 Å². The van der Waals surface area contributed by atoms with Crippen molar-refractivity contribution in [2.45, 2.75) is 33.2 Å². The molecular formula is C13H20ClNO2. The molecule has 17 heavy (non-hydrogen) atoms. The molecule has 1 rings (SSSR count). The van der Waals surface area contributed by atoms with E-state index in [1.54, 1.807) is 6.07 Å². The normalized spacial score (nSPS) is 11.8. The lowest BCUT2D eigenvalue weighted by atomic mass is 9.98. The van der Waals surface area contributed by atoms with Gasteiger partial charge >= 0.3 is 5.97 Å². The highest BCUT2D eigenvalue weighted by molar-refractivity contribution is 5.85. The lowest BCUT2D eigenvalue weighted by molar-refractivity contribution is -0.131. The van der Waals surface area contributed by atoms with Gasteiger partial charge in [-0.05, 0) is 30.0 Å². The number of hydrogen-bond donors (Lipinski definition) is 1. The van der Waals surface area contributed by atoms with Gasteiger partial charge in [0.25, 0.3) is 0 Å². The van der Waals surface area contributed by atoms with Gasteiger partial charge in [0.15, 0.2) is 0 Å². The second kappa shape index (κ2) is 7.30. The summed E-state index contributed by atoms with van der Waals surface area (Å²) >= 11 is 0. The summed E-state index contributed by atoms with van der Waals surface area (Å²) in [6.07, 6.45) is 0.920. The predicted octanol–water partition coefficient (Wildman–Crippen LogP) is 3.08. The molecule has 0 aromatic heterocycles. The maximum absolute atomic E-state index is 10.8. The van der Waals surface area contributed by atoms with Gasteiger partial charge in [-0.2, -0.15) is 0 Å². The number of benzene rings is 1. The molecule has 0 radical (unpaired) electrons. The number of hydrogen-bond acceptors (Lipinski definition) is 3. The summed E-state index contributed by atoms with van der Waals surface area (Å²) in [5, 5.41) is 0. The minimum absolute atomic E-state index is 0.